The van der Waals surface area contributed by atoms with Gasteiger partial charge < -0.3 is 4.57 Å². The van der Waals surface area contributed by atoms with Gasteiger partial charge in [-0.25, -0.2) is 9.97 Å². The molecule has 0 bridgehead atoms. The fourth-order valence-electron chi connectivity index (χ4n) is 5.41. The van der Waals surface area contributed by atoms with Gasteiger partial charge in [-0.05, 0) is 42.0 Å². The van der Waals surface area contributed by atoms with Crippen molar-refractivity contribution in [2.45, 2.75) is 0 Å². The lowest BCUT2D eigenvalue weighted by molar-refractivity contribution is 1.18. The summed E-state index contributed by atoms with van der Waals surface area (Å²) in [4.78, 5) is 11.2. The molecule has 0 N–H and O–H groups in total. The molecular weight excluding hydrogens is 458 g/mol. The van der Waals surface area contributed by atoms with Crippen LogP contribution >= 0.6 is 11.3 Å². The normalized spacial score (nSPS) is 11.9. The fraction of sp³-hybridized carbons (Fsp3) is 0. The molecule has 168 valence electrons. The largest absolute Gasteiger partial charge is 0.309 e. The van der Waals surface area contributed by atoms with Gasteiger partial charge in [0, 0.05) is 32.1 Å². The Morgan fingerprint density at radius 2 is 1.25 bits per heavy atom. The number of benzene rings is 5. The molecule has 0 unspecified atom stereocenters. The van der Waals surface area contributed by atoms with Gasteiger partial charge in [-0.15, -0.1) is 11.3 Å². The minimum atomic E-state index is 0.922. The van der Waals surface area contributed by atoms with E-state index in [1.807, 2.05) is 0 Å². The Morgan fingerprint density at radius 3 is 2.06 bits per heavy atom. The van der Waals surface area contributed by atoms with Gasteiger partial charge in [-0.2, -0.15) is 0 Å². The zero-order valence-electron chi connectivity index (χ0n) is 19.2. The number of nitrogens with zero attached hydrogens (tertiary/aromatic N) is 3. The lowest BCUT2D eigenvalue weighted by atomic mass is 10.0. The number of aromatic nitrogens is 3. The molecule has 8 aromatic rings. The molecular formula is C32H19N3S. The zero-order valence-corrected chi connectivity index (χ0v) is 20.0. The predicted molar refractivity (Wildman–Crippen MR) is 152 cm³/mol. The second kappa shape index (κ2) is 7.48. The average Bonchev–Trinajstić information content (AvgIpc) is 3.47. The van der Waals surface area contributed by atoms with Gasteiger partial charge in [-0.1, -0.05) is 78.9 Å². The summed E-state index contributed by atoms with van der Waals surface area (Å²) in [5.74, 6) is 0. The molecule has 0 saturated carbocycles. The first-order valence-electron chi connectivity index (χ1n) is 12.0. The van der Waals surface area contributed by atoms with Crippen molar-refractivity contribution in [2.75, 3.05) is 0 Å². The summed E-state index contributed by atoms with van der Waals surface area (Å²) >= 11 is 1.71. The molecule has 0 saturated heterocycles. The molecule has 0 spiro atoms. The third-order valence-corrected chi connectivity index (χ3v) is 8.06. The first-order chi connectivity index (χ1) is 17.8. The number of thiophene rings is 1. The maximum atomic E-state index is 5.13. The number of para-hydroxylation sites is 3. The summed E-state index contributed by atoms with van der Waals surface area (Å²) in [6, 6.07) is 40.7. The Balaban J connectivity index is 1.38. The molecule has 0 radical (unpaired) electrons. The number of hydrogen-bond acceptors (Lipinski definition) is 3. The Morgan fingerprint density at radius 1 is 0.556 bits per heavy atom. The van der Waals surface area contributed by atoms with E-state index in [-0.39, 0.29) is 0 Å². The molecule has 8 rings (SSSR count). The lowest BCUT2D eigenvalue weighted by Gasteiger charge is -2.11. The summed E-state index contributed by atoms with van der Waals surface area (Å²) < 4.78 is 3.58. The molecule has 0 fully saturated rings. The summed E-state index contributed by atoms with van der Waals surface area (Å²) in [5, 5.41) is 3.70. The fourth-order valence-corrected chi connectivity index (χ4v) is 6.43. The van der Waals surface area contributed by atoms with Gasteiger partial charge in [0.2, 0.25) is 0 Å². The summed E-state index contributed by atoms with van der Waals surface area (Å²) in [5.41, 5.74) is 8.64. The second-order valence-electron chi connectivity index (χ2n) is 9.07. The molecule has 3 aromatic heterocycles. The lowest BCUT2D eigenvalue weighted by Crippen LogP contribution is -1.95. The van der Waals surface area contributed by atoms with Crippen LogP contribution in [0.25, 0.3) is 70.1 Å². The van der Waals surface area contributed by atoms with Crippen molar-refractivity contribution < 1.29 is 0 Å². The van der Waals surface area contributed by atoms with E-state index in [9.17, 15) is 0 Å². The summed E-state index contributed by atoms with van der Waals surface area (Å²) in [6.07, 6.45) is 0. The van der Waals surface area contributed by atoms with Crippen LogP contribution in [0.1, 0.15) is 0 Å². The maximum Gasteiger partial charge on any atom is 0.143 e. The van der Waals surface area contributed by atoms with Gasteiger partial charge in [0.25, 0.3) is 0 Å². The van der Waals surface area contributed by atoms with Crippen molar-refractivity contribution in [3.8, 4) is 16.8 Å². The van der Waals surface area contributed by atoms with E-state index >= 15 is 0 Å². The SMILES string of the molecule is c1cc(-c2cccc3nc4c(nc23)sc2ccccc24)cc(-n2c3ccccc3c3ccccc32)c1. The van der Waals surface area contributed by atoms with Crippen LogP contribution in [0.5, 0.6) is 0 Å². The third-order valence-electron chi connectivity index (χ3n) is 7.01. The monoisotopic (exact) mass is 477 g/mol. The zero-order chi connectivity index (χ0) is 23.6. The first-order valence-corrected chi connectivity index (χ1v) is 12.8. The van der Waals surface area contributed by atoms with E-state index in [2.05, 4.69) is 120 Å². The van der Waals surface area contributed by atoms with E-state index in [1.165, 1.54) is 31.9 Å². The third kappa shape index (κ3) is 2.79. The van der Waals surface area contributed by atoms with Crippen LogP contribution in [0.2, 0.25) is 0 Å². The second-order valence-corrected chi connectivity index (χ2v) is 10.1. The Kier molecular flexibility index (Phi) is 4.10. The van der Waals surface area contributed by atoms with Crippen molar-refractivity contribution in [2.24, 2.45) is 0 Å². The van der Waals surface area contributed by atoms with Crippen LogP contribution in [-0.2, 0) is 0 Å². The van der Waals surface area contributed by atoms with E-state index in [0.29, 0.717) is 0 Å². The van der Waals surface area contributed by atoms with Gasteiger partial charge in [-0.3, -0.25) is 0 Å². The van der Waals surface area contributed by atoms with Crippen LogP contribution in [0, 0.1) is 0 Å². The molecule has 5 aromatic carbocycles. The van der Waals surface area contributed by atoms with Crippen LogP contribution in [0.3, 0.4) is 0 Å². The van der Waals surface area contributed by atoms with Gasteiger partial charge >= 0.3 is 0 Å². The molecule has 0 aliphatic rings. The highest BCUT2D eigenvalue weighted by Gasteiger charge is 2.15. The van der Waals surface area contributed by atoms with Gasteiger partial charge in [0.15, 0.2) is 0 Å². The van der Waals surface area contributed by atoms with Crippen molar-refractivity contribution in [1.29, 1.82) is 0 Å². The first kappa shape index (κ1) is 19.7. The van der Waals surface area contributed by atoms with Crippen molar-refractivity contribution in [3.63, 3.8) is 0 Å². The maximum absolute atomic E-state index is 5.13. The van der Waals surface area contributed by atoms with Crippen molar-refractivity contribution in [3.05, 3.63) is 115 Å². The number of hydrogen-bond donors (Lipinski definition) is 0. The quantitative estimate of drug-likeness (QED) is 0.249. The minimum absolute atomic E-state index is 0.922. The Hall–Kier alpha value is -4.54. The topological polar surface area (TPSA) is 30.7 Å². The predicted octanol–water partition coefficient (Wildman–Crippen LogP) is 8.76. The average molecular weight is 478 g/mol. The number of fused-ring (bicyclic) bond motifs is 7. The molecule has 0 aliphatic heterocycles. The summed E-state index contributed by atoms with van der Waals surface area (Å²) in [7, 11) is 0. The molecule has 3 heterocycles. The highest BCUT2D eigenvalue weighted by atomic mass is 32.1. The molecule has 3 nitrogen and oxygen atoms in total. The molecule has 0 amide bonds. The van der Waals surface area contributed by atoms with Gasteiger partial charge in [0.05, 0.1) is 22.1 Å². The Labute approximate surface area is 210 Å². The highest BCUT2D eigenvalue weighted by molar-refractivity contribution is 7.25. The van der Waals surface area contributed by atoms with Crippen LogP contribution in [0.4, 0.5) is 0 Å². The standard InChI is InChI=1S/C32H19N3S/c1-4-16-27-23(11-1)24-12-2-5-17-28(24)35(27)21-10-7-9-20(19-21)22-14-8-15-26-30(22)34-32-31(33-26)25-13-3-6-18-29(25)36-32/h1-19H. The summed E-state index contributed by atoms with van der Waals surface area (Å²) in [6.45, 7) is 0. The van der Waals surface area contributed by atoms with Crippen molar-refractivity contribution in [1.82, 2.24) is 14.5 Å². The van der Waals surface area contributed by atoms with E-state index < -0.39 is 0 Å². The van der Waals surface area contributed by atoms with Crippen molar-refractivity contribution >= 4 is 64.6 Å². The Bertz CT molecular complexity index is 2060. The van der Waals surface area contributed by atoms with E-state index in [0.717, 1.165) is 38.2 Å². The van der Waals surface area contributed by atoms with E-state index in [4.69, 9.17) is 9.97 Å². The van der Waals surface area contributed by atoms with Crippen LogP contribution in [0.15, 0.2) is 115 Å². The minimum Gasteiger partial charge on any atom is -0.309 e. The highest BCUT2D eigenvalue weighted by Crippen LogP contribution is 2.36. The molecule has 0 aliphatic carbocycles. The van der Waals surface area contributed by atoms with Crippen LogP contribution < -0.4 is 0 Å². The molecule has 0 atom stereocenters. The van der Waals surface area contributed by atoms with Gasteiger partial charge in [0.1, 0.15) is 10.3 Å². The number of rotatable bonds is 2. The van der Waals surface area contributed by atoms with Crippen LogP contribution in [-0.4, -0.2) is 14.5 Å². The smallest absolute Gasteiger partial charge is 0.143 e. The molecule has 36 heavy (non-hydrogen) atoms. The van der Waals surface area contributed by atoms with E-state index in [1.54, 1.807) is 11.3 Å². The molecule has 4 heteroatoms.